The summed E-state index contributed by atoms with van der Waals surface area (Å²) in [5.74, 6) is 1.79. The monoisotopic (exact) mass is 464 g/mol. The van der Waals surface area contributed by atoms with E-state index in [1.165, 1.54) is 5.56 Å². The Morgan fingerprint density at radius 3 is 2.24 bits per heavy atom. The number of benzene rings is 3. The number of aromatic hydroxyl groups is 1. The van der Waals surface area contributed by atoms with Gasteiger partial charge in [-0.2, -0.15) is 0 Å². The Hall–Kier alpha value is -3.06. The minimum atomic E-state index is -0.645. The van der Waals surface area contributed by atoms with E-state index in [-0.39, 0.29) is 18.9 Å². The Kier molecular flexibility index (Phi) is 9.76. The van der Waals surface area contributed by atoms with Crippen LogP contribution in [0.25, 0.3) is 0 Å². The molecule has 4 N–H and O–H groups in total. The third-order valence-corrected chi connectivity index (χ3v) is 5.69. The Morgan fingerprint density at radius 1 is 0.882 bits per heavy atom. The van der Waals surface area contributed by atoms with Gasteiger partial charge in [0, 0.05) is 19.1 Å². The summed E-state index contributed by atoms with van der Waals surface area (Å²) in [6.45, 7) is 5.33. The summed E-state index contributed by atoms with van der Waals surface area (Å²) < 4.78 is 11.3. The molecule has 6 heteroatoms. The first-order chi connectivity index (χ1) is 16.4. The van der Waals surface area contributed by atoms with Crippen LogP contribution in [0.3, 0.4) is 0 Å². The average Bonchev–Trinajstić information content (AvgIpc) is 2.83. The third-order valence-electron chi connectivity index (χ3n) is 5.69. The van der Waals surface area contributed by atoms with E-state index in [0.29, 0.717) is 25.3 Å². The predicted molar refractivity (Wildman–Crippen MR) is 135 cm³/mol. The predicted octanol–water partition coefficient (Wildman–Crippen LogP) is 3.99. The van der Waals surface area contributed by atoms with Crippen molar-refractivity contribution in [1.29, 1.82) is 0 Å². The molecule has 1 unspecified atom stereocenters. The zero-order chi connectivity index (χ0) is 24.3. The third kappa shape index (κ3) is 8.37. The number of phenols is 1. The van der Waals surface area contributed by atoms with Crippen molar-refractivity contribution in [2.75, 3.05) is 19.7 Å². The van der Waals surface area contributed by atoms with Gasteiger partial charge >= 0.3 is 0 Å². The summed E-state index contributed by atoms with van der Waals surface area (Å²) in [7, 11) is 0. The molecule has 0 saturated heterocycles. The van der Waals surface area contributed by atoms with Gasteiger partial charge in [0.25, 0.3) is 0 Å². The van der Waals surface area contributed by atoms with Crippen molar-refractivity contribution in [3.05, 3.63) is 90.0 Å². The highest BCUT2D eigenvalue weighted by atomic mass is 16.5. The van der Waals surface area contributed by atoms with Crippen molar-refractivity contribution < 1.29 is 19.7 Å². The van der Waals surface area contributed by atoms with Gasteiger partial charge in [-0.3, -0.25) is 10.6 Å². The van der Waals surface area contributed by atoms with Gasteiger partial charge in [-0.1, -0.05) is 48.5 Å². The van der Waals surface area contributed by atoms with Gasteiger partial charge in [-0.25, -0.2) is 0 Å². The van der Waals surface area contributed by atoms with Gasteiger partial charge in [0.1, 0.15) is 36.2 Å². The summed E-state index contributed by atoms with van der Waals surface area (Å²) >= 11 is 0. The van der Waals surface area contributed by atoms with Crippen LogP contribution in [-0.4, -0.2) is 53.2 Å². The molecule has 34 heavy (non-hydrogen) atoms. The Labute approximate surface area is 202 Å². The number of para-hydroxylation sites is 2. The largest absolute Gasteiger partial charge is 0.508 e. The van der Waals surface area contributed by atoms with Crippen LogP contribution in [0.4, 0.5) is 0 Å². The number of aliphatic hydroxyl groups is 1. The molecule has 6 nitrogen and oxygen atoms in total. The van der Waals surface area contributed by atoms with Crippen LogP contribution in [0.1, 0.15) is 25.0 Å². The van der Waals surface area contributed by atoms with Crippen LogP contribution >= 0.6 is 0 Å². The lowest BCUT2D eigenvalue weighted by atomic mass is 10.0. The van der Waals surface area contributed by atoms with E-state index in [1.54, 1.807) is 13.0 Å². The molecule has 0 heterocycles. The van der Waals surface area contributed by atoms with Crippen molar-refractivity contribution in [2.24, 2.45) is 5.73 Å². The van der Waals surface area contributed by atoms with E-state index >= 15 is 0 Å². The van der Waals surface area contributed by atoms with Gasteiger partial charge < -0.3 is 19.7 Å². The zero-order valence-electron chi connectivity index (χ0n) is 20.0. The van der Waals surface area contributed by atoms with Crippen LogP contribution in [0.2, 0.25) is 0 Å². The lowest BCUT2D eigenvalue weighted by Crippen LogP contribution is -2.43. The van der Waals surface area contributed by atoms with Crippen LogP contribution in [0.5, 0.6) is 17.2 Å². The first kappa shape index (κ1) is 25.6. The maximum absolute atomic E-state index is 10.7. The molecule has 3 aromatic carbocycles. The van der Waals surface area contributed by atoms with Crippen LogP contribution in [0.15, 0.2) is 78.9 Å². The fourth-order valence-electron chi connectivity index (χ4n) is 3.90. The van der Waals surface area contributed by atoms with Crippen molar-refractivity contribution >= 4 is 0 Å². The fraction of sp³-hybridized carbons (Fsp3) is 0.357. The molecular weight excluding hydrogens is 428 g/mol. The van der Waals surface area contributed by atoms with E-state index in [1.807, 2.05) is 72.8 Å². The molecule has 0 saturated carbocycles. The molecular formula is C28H36N2O4. The summed E-state index contributed by atoms with van der Waals surface area (Å²) in [6.07, 6.45) is 0.499. The second-order valence-corrected chi connectivity index (χ2v) is 8.67. The van der Waals surface area contributed by atoms with Crippen LogP contribution in [0, 0.1) is 0 Å². The second kappa shape index (κ2) is 13.0. The molecule has 0 aliphatic carbocycles. The summed E-state index contributed by atoms with van der Waals surface area (Å²) in [4.78, 5) is 2.25. The molecule has 0 spiro atoms. The zero-order valence-corrected chi connectivity index (χ0v) is 20.0. The maximum atomic E-state index is 10.7. The van der Waals surface area contributed by atoms with Gasteiger partial charge in [-0.15, -0.1) is 0 Å². The summed E-state index contributed by atoms with van der Waals surface area (Å²) in [6, 6.07) is 25.0. The summed E-state index contributed by atoms with van der Waals surface area (Å²) in [5, 5.41) is 20.9. The minimum absolute atomic E-state index is 0.164. The van der Waals surface area contributed by atoms with Crippen molar-refractivity contribution in [3.63, 3.8) is 0 Å². The highest BCUT2D eigenvalue weighted by molar-refractivity contribution is 5.32. The van der Waals surface area contributed by atoms with E-state index in [0.717, 1.165) is 23.5 Å². The average molecular weight is 465 g/mol. The first-order valence-electron chi connectivity index (χ1n) is 11.8. The molecule has 0 amide bonds. The number of rotatable bonds is 13. The van der Waals surface area contributed by atoms with Gasteiger partial charge in [0.05, 0.1) is 0 Å². The standard InChI is InChI=1S/C28H36N2O4/c1-21(18-23-12-14-27(15-13-23)34-22(2)29)30(17-16-24-8-6-7-11-28(24)32)19-25(31)20-33-26-9-4-3-5-10-26/h3-15,21-22,25,31-32H,16-20,29H2,1-2H3/t21-,22?,25+/m1/s1. The highest BCUT2D eigenvalue weighted by Crippen LogP contribution is 2.19. The molecule has 0 fully saturated rings. The van der Waals surface area contributed by atoms with Crippen molar-refractivity contribution in [2.45, 2.75) is 45.1 Å². The molecule has 3 aromatic rings. The molecule has 0 radical (unpaired) electrons. The number of phenolic OH excluding ortho intramolecular Hbond substituents is 1. The normalized spacial score (nSPS) is 13.9. The number of hydrogen-bond donors (Lipinski definition) is 3. The van der Waals surface area contributed by atoms with Crippen LogP contribution < -0.4 is 15.2 Å². The van der Waals surface area contributed by atoms with E-state index in [4.69, 9.17) is 15.2 Å². The smallest absolute Gasteiger partial charge is 0.144 e. The quantitative estimate of drug-likeness (QED) is 0.332. The number of nitrogens with two attached hydrogens (primary N) is 1. The minimum Gasteiger partial charge on any atom is -0.508 e. The molecule has 0 aromatic heterocycles. The number of aliphatic hydroxyl groups excluding tert-OH is 1. The van der Waals surface area contributed by atoms with Gasteiger partial charge in [0.15, 0.2) is 0 Å². The Morgan fingerprint density at radius 2 is 1.56 bits per heavy atom. The number of hydrogen-bond acceptors (Lipinski definition) is 6. The highest BCUT2D eigenvalue weighted by Gasteiger charge is 2.19. The molecule has 3 atom stereocenters. The van der Waals surface area contributed by atoms with E-state index in [9.17, 15) is 10.2 Å². The molecule has 0 bridgehead atoms. The lowest BCUT2D eigenvalue weighted by Gasteiger charge is -2.31. The van der Waals surface area contributed by atoms with Crippen LogP contribution in [-0.2, 0) is 12.8 Å². The Balaban J connectivity index is 1.63. The first-order valence-corrected chi connectivity index (χ1v) is 11.8. The topological polar surface area (TPSA) is 88.2 Å². The maximum Gasteiger partial charge on any atom is 0.144 e. The molecule has 0 aliphatic heterocycles. The Bertz CT molecular complexity index is 979. The van der Waals surface area contributed by atoms with Gasteiger partial charge in [0.2, 0.25) is 0 Å². The van der Waals surface area contributed by atoms with E-state index < -0.39 is 6.10 Å². The molecule has 3 rings (SSSR count). The fourth-order valence-corrected chi connectivity index (χ4v) is 3.90. The van der Waals surface area contributed by atoms with E-state index in [2.05, 4.69) is 11.8 Å². The van der Waals surface area contributed by atoms with Gasteiger partial charge in [-0.05, 0) is 68.1 Å². The lowest BCUT2D eigenvalue weighted by molar-refractivity contribution is 0.0551. The number of nitrogens with zero attached hydrogens (tertiary/aromatic N) is 1. The molecule has 0 aliphatic rings. The number of ether oxygens (including phenoxy) is 2. The van der Waals surface area contributed by atoms with Crippen molar-refractivity contribution in [1.82, 2.24) is 4.90 Å². The summed E-state index contributed by atoms with van der Waals surface area (Å²) in [5.41, 5.74) is 7.77. The van der Waals surface area contributed by atoms with Crippen molar-refractivity contribution in [3.8, 4) is 17.2 Å². The SMILES string of the molecule is CC(N)Oc1ccc(C[C@@H](C)N(CCc2ccccc2O)C[C@H](O)COc2ccccc2)cc1. The molecule has 182 valence electrons. The second-order valence-electron chi connectivity index (χ2n) is 8.67.